The van der Waals surface area contributed by atoms with E-state index >= 15 is 0 Å². The number of fused-ring (bicyclic) bond motifs is 1. The van der Waals surface area contributed by atoms with E-state index in [9.17, 15) is 14.7 Å². The highest BCUT2D eigenvalue weighted by Crippen LogP contribution is 2.41. The van der Waals surface area contributed by atoms with Gasteiger partial charge in [-0.2, -0.15) is 0 Å². The number of carboxylic acids is 1. The zero-order valence-corrected chi connectivity index (χ0v) is 11.0. The SMILES string of the molecule is O=C(O)C1=CN2C(=O)C[C@H]2SC1Cc1cccs1. The van der Waals surface area contributed by atoms with Crippen LogP contribution in [0, 0.1) is 0 Å². The highest BCUT2D eigenvalue weighted by molar-refractivity contribution is 8.00. The zero-order chi connectivity index (χ0) is 12.7. The van der Waals surface area contributed by atoms with E-state index in [0.29, 0.717) is 12.0 Å². The van der Waals surface area contributed by atoms with Crippen molar-refractivity contribution in [3.8, 4) is 0 Å². The van der Waals surface area contributed by atoms with Crippen LogP contribution in [0.3, 0.4) is 0 Å². The average Bonchev–Trinajstić information content (AvgIpc) is 2.80. The normalized spacial score (nSPS) is 26.3. The third-order valence-electron chi connectivity index (χ3n) is 3.11. The van der Waals surface area contributed by atoms with Crippen LogP contribution in [-0.2, 0) is 16.0 Å². The van der Waals surface area contributed by atoms with Gasteiger partial charge < -0.3 is 10.0 Å². The van der Waals surface area contributed by atoms with Gasteiger partial charge in [-0.15, -0.1) is 23.1 Å². The van der Waals surface area contributed by atoms with Crippen LogP contribution < -0.4 is 0 Å². The number of hydrogen-bond acceptors (Lipinski definition) is 4. The molecule has 1 saturated heterocycles. The minimum Gasteiger partial charge on any atom is -0.478 e. The van der Waals surface area contributed by atoms with E-state index in [2.05, 4.69) is 0 Å². The summed E-state index contributed by atoms with van der Waals surface area (Å²) in [6, 6.07) is 3.99. The Labute approximate surface area is 112 Å². The monoisotopic (exact) mass is 281 g/mol. The van der Waals surface area contributed by atoms with Gasteiger partial charge in [0.1, 0.15) is 0 Å². The zero-order valence-electron chi connectivity index (χ0n) is 9.41. The number of carbonyl (C=O) groups excluding carboxylic acids is 1. The molecule has 0 radical (unpaired) electrons. The number of hydrogen-bond donors (Lipinski definition) is 1. The van der Waals surface area contributed by atoms with E-state index in [1.807, 2.05) is 17.5 Å². The van der Waals surface area contributed by atoms with Gasteiger partial charge in [0, 0.05) is 16.3 Å². The molecule has 0 bridgehead atoms. The Bertz CT molecular complexity index is 523. The Morgan fingerprint density at radius 2 is 2.39 bits per heavy atom. The van der Waals surface area contributed by atoms with Gasteiger partial charge in [0.25, 0.3) is 0 Å². The molecule has 94 valence electrons. The van der Waals surface area contributed by atoms with Crippen molar-refractivity contribution >= 4 is 35.0 Å². The third kappa shape index (κ3) is 1.95. The first-order valence-electron chi connectivity index (χ1n) is 5.59. The lowest BCUT2D eigenvalue weighted by Gasteiger charge is -2.43. The minimum absolute atomic E-state index is 0.0147. The Morgan fingerprint density at radius 1 is 1.56 bits per heavy atom. The van der Waals surface area contributed by atoms with Crippen molar-refractivity contribution in [2.24, 2.45) is 0 Å². The van der Waals surface area contributed by atoms with E-state index in [4.69, 9.17) is 0 Å². The van der Waals surface area contributed by atoms with Crippen LogP contribution in [0.15, 0.2) is 29.3 Å². The molecule has 0 saturated carbocycles. The molecule has 3 rings (SSSR count). The van der Waals surface area contributed by atoms with Crippen molar-refractivity contribution in [3.05, 3.63) is 34.2 Å². The second-order valence-corrected chi connectivity index (χ2v) is 6.68. The van der Waals surface area contributed by atoms with E-state index in [-0.39, 0.29) is 16.5 Å². The molecule has 3 heterocycles. The van der Waals surface area contributed by atoms with Crippen molar-refractivity contribution in [1.82, 2.24) is 4.90 Å². The van der Waals surface area contributed by atoms with Crippen molar-refractivity contribution in [2.75, 3.05) is 0 Å². The molecule has 2 aliphatic heterocycles. The fraction of sp³-hybridized carbons (Fsp3) is 0.333. The number of aliphatic carboxylic acids is 1. The van der Waals surface area contributed by atoms with Gasteiger partial charge in [0.15, 0.2) is 0 Å². The highest BCUT2D eigenvalue weighted by Gasteiger charge is 2.43. The van der Waals surface area contributed by atoms with Crippen molar-refractivity contribution in [1.29, 1.82) is 0 Å². The summed E-state index contributed by atoms with van der Waals surface area (Å²) in [5.74, 6) is -0.914. The van der Waals surface area contributed by atoms with Gasteiger partial charge >= 0.3 is 5.97 Å². The Balaban J connectivity index is 1.84. The maximum atomic E-state index is 11.3. The van der Waals surface area contributed by atoms with E-state index < -0.39 is 5.97 Å². The number of thiophene rings is 1. The molecule has 0 spiro atoms. The number of nitrogens with zero attached hydrogens (tertiary/aromatic N) is 1. The second kappa shape index (κ2) is 4.44. The van der Waals surface area contributed by atoms with Gasteiger partial charge in [-0.3, -0.25) is 4.79 Å². The lowest BCUT2D eigenvalue weighted by atomic mass is 10.1. The summed E-state index contributed by atoms with van der Waals surface area (Å²) in [5.41, 5.74) is 0.331. The first kappa shape index (κ1) is 11.8. The van der Waals surface area contributed by atoms with Crippen LogP contribution in [0.1, 0.15) is 11.3 Å². The Kier molecular flexibility index (Phi) is 2.91. The largest absolute Gasteiger partial charge is 0.478 e. The summed E-state index contributed by atoms with van der Waals surface area (Å²) >= 11 is 3.22. The minimum atomic E-state index is -0.929. The molecule has 2 aliphatic rings. The quantitative estimate of drug-likeness (QED) is 0.860. The average molecular weight is 281 g/mol. The molecule has 1 amide bonds. The van der Waals surface area contributed by atoms with Crippen LogP contribution in [-0.4, -0.2) is 32.5 Å². The van der Waals surface area contributed by atoms with Gasteiger partial charge in [-0.1, -0.05) is 6.07 Å². The smallest absolute Gasteiger partial charge is 0.334 e. The van der Waals surface area contributed by atoms with Gasteiger partial charge in [0.05, 0.1) is 17.4 Å². The standard InChI is InChI=1S/C12H11NO3S2/c14-10-5-11-13(10)6-8(12(15)16)9(18-11)4-7-2-1-3-17-7/h1-3,6,9,11H,4-5H2,(H,15,16)/t9?,11-/m1/s1. The molecule has 1 N–H and O–H groups in total. The molecular weight excluding hydrogens is 270 g/mol. The van der Waals surface area contributed by atoms with Crippen molar-refractivity contribution < 1.29 is 14.7 Å². The van der Waals surface area contributed by atoms with E-state index in [1.165, 1.54) is 11.1 Å². The lowest BCUT2D eigenvalue weighted by Crippen LogP contribution is -2.51. The molecule has 1 aromatic rings. The molecule has 1 aromatic heterocycles. The molecule has 18 heavy (non-hydrogen) atoms. The summed E-state index contributed by atoms with van der Waals surface area (Å²) in [5, 5.41) is 11.3. The van der Waals surface area contributed by atoms with Crippen LogP contribution in [0.4, 0.5) is 0 Å². The maximum Gasteiger partial charge on any atom is 0.334 e. The van der Waals surface area contributed by atoms with Crippen LogP contribution in [0.25, 0.3) is 0 Å². The van der Waals surface area contributed by atoms with Crippen molar-refractivity contribution in [2.45, 2.75) is 23.5 Å². The first-order valence-corrected chi connectivity index (χ1v) is 7.41. The molecule has 2 atom stereocenters. The van der Waals surface area contributed by atoms with E-state index in [0.717, 1.165) is 6.42 Å². The predicted octanol–water partition coefficient (Wildman–Crippen LogP) is 1.93. The second-order valence-electron chi connectivity index (χ2n) is 4.26. The number of carboxylic acid groups (broad SMARTS) is 1. The van der Waals surface area contributed by atoms with Crippen LogP contribution in [0.2, 0.25) is 0 Å². The van der Waals surface area contributed by atoms with Crippen molar-refractivity contribution in [3.63, 3.8) is 0 Å². The predicted molar refractivity (Wildman–Crippen MR) is 70.4 cm³/mol. The number of amides is 1. The fourth-order valence-electron chi connectivity index (χ4n) is 2.13. The fourth-order valence-corrected chi connectivity index (χ4v) is 4.50. The number of thioether (sulfide) groups is 1. The summed E-state index contributed by atoms with van der Waals surface area (Å²) in [4.78, 5) is 25.3. The summed E-state index contributed by atoms with van der Waals surface area (Å²) in [6.45, 7) is 0. The van der Waals surface area contributed by atoms with Crippen LogP contribution >= 0.6 is 23.1 Å². The molecule has 1 unspecified atom stereocenters. The topological polar surface area (TPSA) is 57.6 Å². The Morgan fingerprint density at radius 3 is 3.00 bits per heavy atom. The molecule has 1 fully saturated rings. The number of rotatable bonds is 3. The first-order chi connectivity index (χ1) is 8.65. The van der Waals surface area contributed by atoms with E-state index in [1.54, 1.807) is 28.0 Å². The third-order valence-corrected chi connectivity index (χ3v) is 5.46. The summed E-state index contributed by atoms with van der Waals surface area (Å²) in [6.07, 6.45) is 2.77. The molecule has 6 heteroatoms. The molecular formula is C12H11NO3S2. The maximum absolute atomic E-state index is 11.3. The number of β-lactam (4-membered cyclic amide) rings is 1. The molecule has 0 aromatic carbocycles. The number of carbonyl (C=O) groups is 2. The summed E-state index contributed by atoms with van der Waals surface area (Å²) in [7, 11) is 0. The molecule has 0 aliphatic carbocycles. The van der Waals surface area contributed by atoms with Gasteiger partial charge in [-0.05, 0) is 17.9 Å². The van der Waals surface area contributed by atoms with Crippen LogP contribution in [0.5, 0.6) is 0 Å². The van der Waals surface area contributed by atoms with Gasteiger partial charge in [-0.25, -0.2) is 4.79 Å². The Hall–Kier alpha value is -1.27. The summed E-state index contributed by atoms with van der Waals surface area (Å²) < 4.78 is 0. The van der Waals surface area contributed by atoms with Gasteiger partial charge in [0.2, 0.25) is 5.91 Å². The molecule has 4 nitrogen and oxygen atoms in total. The highest BCUT2D eigenvalue weighted by atomic mass is 32.2. The lowest BCUT2D eigenvalue weighted by molar-refractivity contribution is -0.138.